The van der Waals surface area contributed by atoms with Crippen LogP contribution < -0.4 is 4.90 Å². The van der Waals surface area contributed by atoms with Gasteiger partial charge in [-0.15, -0.1) is 0 Å². The van der Waals surface area contributed by atoms with Crippen LogP contribution in [0.15, 0.2) is 48.1 Å². The molecule has 1 fully saturated rings. The maximum atomic E-state index is 13.4. The van der Waals surface area contributed by atoms with Gasteiger partial charge < -0.3 is 4.90 Å². The van der Waals surface area contributed by atoms with E-state index >= 15 is 0 Å². The van der Waals surface area contributed by atoms with Crippen LogP contribution in [-0.2, 0) is 0 Å². The molecule has 2 nitrogen and oxygen atoms in total. The fourth-order valence-corrected chi connectivity index (χ4v) is 2.83. The smallest absolute Gasteiger partial charge is 0.119 e. The number of allylic oxidation sites excluding steroid dienone is 5. The first kappa shape index (κ1) is 17.0. The third-order valence-corrected chi connectivity index (χ3v) is 4.34. The second-order valence-electron chi connectivity index (χ2n) is 6.12. The lowest BCUT2D eigenvalue weighted by Gasteiger charge is -2.20. The van der Waals surface area contributed by atoms with Crippen LogP contribution in [0, 0.1) is 11.3 Å². The van der Waals surface area contributed by atoms with Gasteiger partial charge in [0.2, 0.25) is 0 Å². The molecule has 1 aliphatic heterocycles. The third-order valence-electron chi connectivity index (χ3n) is 4.34. The van der Waals surface area contributed by atoms with Crippen LogP contribution in [0.1, 0.15) is 38.3 Å². The summed E-state index contributed by atoms with van der Waals surface area (Å²) >= 11 is 0. The average Bonchev–Trinajstić information content (AvgIpc) is 2.97. The van der Waals surface area contributed by atoms with E-state index < -0.39 is 6.17 Å². The van der Waals surface area contributed by atoms with Gasteiger partial charge in [-0.3, -0.25) is 0 Å². The molecule has 1 aromatic carbocycles. The molecular weight excluding hydrogens is 287 g/mol. The van der Waals surface area contributed by atoms with Gasteiger partial charge >= 0.3 is 0 Å². The van der Waals surface area contributed by atoms with Gasteiger partial charge in [-0.1, -0.05) is 30.4 Å². The second-order valence-corrected chi connectivity index (χ2v) is 6.12. The van der Waals surface area contributed by atoms with Crippen molar-refractivity contribution in [2.75, 3.05) is 18.0 Å². The first-order chi connectivity index (χ1) is 11.0. The Morgan fingerprint density at radius 3 is 2.65 bits per heavy atom. The number of hydrogen-bond donors (Lipinski definition) is 0. The minimum Gasteiger partial charge on any atom is -0.367 e. The molecule has 0 spiro atoms. The number of benzene rings is 1. The van der Waals surface area contributed by atoms with Crippen molar-refractivity contribution in [1.82, 2.24) is 0 Å². The molecule has 23 heavy (non-hydrogen) atoms. The molecule has 0 amide bonds. The van der Waals surface area contributed by atoms with E-state index in [0.717, 1.165) is 16.8 Å². The van der Waals surface area contributed by atoms with Crippen LogP contribution >= 0.6 is 0 Å². The number of rotatable bonds is 4. The summed E-state index contributed by atoms with van der Waals surface area (Å²) in [7, 11) is 0. The van der Waals surface area contributed by atoms with E-state index in [1.165, 1.54) is 11.1 Å². The normalized spacial score (nSPS) is 17.8. The van der Waals surface area contributed by atoms with Crippen molar-refractivity contribution in [2.24, 2.45) is 0 Å². The van der Waals surface area contributed by atoms with Gasteiger partial charge in [-0.25, -0.2) is 4.39 Å². The van der Waals surface area contributed by atoms with Crippen LogP contribution in [0.3, 0.4) is 0 Å². The zero-order valence-electron chi connectivity index (χ0n) is 14.1. The first-order valence-corrected chi connectivity index (χ1v) is 7.88. The number of nitrogens with zero attached hydrogens (tertiary/aromatic N) is 2. The van der Waals surface area contributed by atoms with Crippen molar-refractivity contribution in [1.29, 1.82) is 5.26 Å². The van der Waals surface area contributed by atoms with Crippen LogP contribution in [0.5, 0.6) is 0 Å². The van der Waals surface area contributed by atoms with Gasteiger partial charge in [0.1, 0.15) is 12.2 Å². The fourth-order valence-electron chi connectivity index (χ4n) is 2.83. The van der Waals surface area contributed by atoms with Gasteiger partial charge in [-0.2, -0.15) is 5.26 Å². The minimum atomic E-state index is -0.801. The van der Waals surface area contributed by atoms with E-state index in [4.69, 9.17) is 0 Å². The molecule has 1 heterocycles. The van der Waals surface area contributed by atoms with E-state index in [1.54, 1.807) is 6.08 Å². The van der Waals surface area contributed by atoms with Crippen molar-refractivity contribution in [3.63, 3.8) is 0 Å². The van der Waals surface area contributed by atoms with Crippen LogP contribution in [0.2, 0.25) is 0 Å². The fraction of sp³-hybridized carbons (Fsp3) is 0.350. The minimum absolute atomic E-state index is 0.371. The quantitative estimate of drug-likeness (QED) is 0.729. The molecule has 1 aromatic rings. The van der Waals surface area contributed by atoms with E-state index in [-0.39, 0.29) is 0 Å². The number of anilines is 1. The molecule has 0 aliphatic carbocycles. The van der Waals surface area contributed by atoms with Gasteiger partial charge in [0.05, 0.1) is 11.3 Å². The van der Waals surface area contributed by atoms with Crippen molar-refractivity contribution < 1.29 is 4.39 Å². The first-order valence-electron chi connectivity index (χ1n) is 7.88. The number of halogens is 1. The lowest BCUT2D eigenvalue weighted by atomic mass is 9.94. The lowest BCUT2D eigenvalue weighted by Crippen LogP contribution is -2.21. The van der Waals surface area contributed by atoms with E-state index in [2.05, 4.69) is 33.4 Å². The third kappa shape index (κ3) is 3.71. The summed E-state index contributed by atoms with van der Waals surface area (Å²) in [6.45, 7) is 11.0. The molecule has 2 rings (SSSR count). The molecular formula is C20H23FN2. The molecule has 0 saturated carbocycles. The molecule has 0 bridgehead atoms. The number of nitriles is 1. The van der Waals surface area contributed by atoms with Gasteiger partial charge in [0.15, 0.2) is 0 Å². The monoisotopic (exact) mass is 310 g/mol. The highest BCUT2D eigenvalue weighted by Gasteiger charge is 2.24. The van der Waals surface area contributed by atoms with Crippen molar-refractivity contribution >= 4 is 11.3 Å². The zero-order chi connectivity index (χ0) is 17.0. The van der Waals surface area contributed by atoms with Crippen LogP contribution in [0.4, 0.5) is 10.1 Å². The highest BCUT2D eigenvalue weighted by Crippen LogP contribution is 2.31. The molecule has 1 aliphatic rings. The predicted octanol–water partition coefficient (Wildman–Crippen LogP) is 5.03. The average molecular weight is 310 g/mol. The van der Waals surface area contributed by atoms with Gasteiger partial charge in [-0.05, 0) is 56.0 Å². The lowest BCUT2D eigenvalue weighted by molar-refractivity contribution is 0.364. The molecule has 1 atom stereocenters. The molecule has 120 valence electrons. The molecule has 0 radical (unpaired) electrons. The Hall–Kier alpha value is -2.34. The Bertz CT molecular complexity index is 703. The maximum absolute atomic E-state index is 13.4. The largest absolute Gasteiger partial charge is 0.367 e. The Morgan fingerprint density at radius 1 is 1.39 bits per heavy atom. The summed E-state index contributed by atoms with van der Waals surface area (Å²) in [5, 5.41) is 9.51. The predicted molar refractivity (Wildman–Crippen MR) is 95.1 cm³/mol. The SMILES string of the molecule is C=C/C=C(\C(C)=C(C)C)c1ccc(N2CCC(F)C2)c(C#N)c1. The highest BCUT2D eigenvalue weighted by molar-refractivity contribution is 5.82. The standard InChI is InChI=1S/C20H23FN2/c1-5-6-19(15(4)14(2)3)16-7-8-20(17(11-16)12-22)23-10-9-18(21)13-23/h5-8,11,18H,1,9-10,13H2,2-4H3/b19-6+. The van der Waals surface area contributed by atoms with Crippen molar-refractivity contribution in [2.45, 2.75) is 33.4 Å². The highest BCUT2D eigenvalue weighted by atomic mass is 19.1. The summed E-state index contributed by atoms with van der Waals surface area (Å²) in [6.07, 6.45) is 3.46. The number of hydrogen-bond acceptors (Lipinski definition) is 2. The Kier molecular flexibility index (Phi) is 5.39. The topological polar surface area (TPSA) is 27.0 Å². The molecule has 3 heteroatoms. The summed E-state index contributed by atoms with van der Waals surface area (Å²) in [4.78, 5) is 1.96. The van der Waals surface area contributed by atoms with Crippen LogP contribution in [0.25, 0.3) is 5.57 Å². The van der Waals surface area contributed by atoms with E-state index in [0.29, 0.717) is 25.1 Å². The van der Waals surface area contributed by atoms with E-state index in [9.17, 15) is 9.65 Å². The Labute approximate surface area is 138 Å². The van der Waals surface area contributed by atoms with Crippen molar-refractivity contribution in [3.05, 3.63) is 59.2 Å². The van der Waals surface area contributed by atoms with Crippen LogP contribution in [-0.4, -0.2) is 19.3 Å². The Balaban J connectivity index is 2.46. The summed E-state index contributed by atoms with van der Waals surface area (Å²) < 4.78 is 13.4. The maximum Gasteiger partial charge on any atom is 0.119 e. The molecule has 1 saturated heterocycles. The second kappa shape index (κ2) is 7.28. The van der Waals surface area contributed by atoms with Gasteiger partial charge in [0.25, 0.3) is 0 Å². The summed E-state index contributed by atoms with van der Waals surface area (Å²) in [5.74, 6) is 0. The van der Waals surface area contributed by atoms with Crippen molar-refractivity contribution in [3.8, 4) is 6.07 Å². The molecule has 0 N–H and O–H groups in total. The van der Waals surface area contributed by atoms with E-state index in [1.807, 2.05) is 29.2 Å². The molecule has 1 unspecified atom stereocenters. The van der Waals surface area contributed by atoms with Gasteiger partial charge in [0, 0.05) is 13.1 Å². The zero-order valence-corrected chi connectivity index (χ0v) is 14.1. The Morgan fingerprint density at radius 2 is 2.13 bits per heavy atom. The summed E-state index contributed by atoms with van der Waals surface area (Å²) in [5.41, 5.74) is 5.86. The number of alkyl halides is 1. The molecule has 0 aromatic heterocycles. The summed E-state index contributed by atoms with van der Waals surface area (Å²) in [6, 6.07) is 8.09.